The molecule has 0 radical (unpaired) electrons. The second kappa shape index (κ2) is 6.83. The zero-order valence-corrected chi connectivity index (χ0v) is 9.80. The van der Waals surface area contributed by atoms with Gasteiger partial charge in [0.1, 0.15) is 0 Å². The van der Waals surface area contributed by atoms with Gasteiger partial charge in [-0.25, -0.2) is 0 Å². The van der Waals surface area contributed by atoms with Gasteiger partial charge >= 0.3 is 0 Å². The maximum absolute atomic E-state index is 8.64. The lowest BCUT2D eigenvalue weighted by atomic mass is 10.1. The molecular formula is C12H18ClNO. The largest absolute Gasteiger partial charge is 0.396 e. The lowest BCUT2D eigenvalue weighted by Crippen LogP contribution is -2.20. The highest BCUT2D eigenvalue weighted by molar-refractivity contribution is 6.31. The molecule has 0 unspecified atom stereocenters. The maximum atomic E-state index is 8.64. The van der Waals surface area contributed by atoms with Crippen molar-refractivity contribution in [3.05, 3.63) is 34.9 Å². The summed E-state index contributed by atoms with van der Waals surface area (Å²) in [4.78, 5) is 0. The van der Waals surface area contributed by atoms with Crippen LogP contribution in [0, 0.1) is 0 Å². The van der Waals surface area contributed by atoms with Gasteiger partial charge in [0, 0.05) is 17.7 Å². The van der Waals surface area contributed by atoms with Gasteiger partial charge in [0.25, 0.3) is 0 Å². The second-order valence-electron chi connectivity index (χ2n) is 3.63. The summed E-state index contributed by atoms with van der Waals surface area (Å²) in [5.74, 6) is 0. The Morgan fingerprint density at radius 2 is 2.07 bits per heavy atom. The molecule has 15 heavy (non-hydrogen) atoms. The Hall–Kier alpha value is -0.570. The van der Waals surface area contributed by atoms with E-state index >= 15 is 0 Å². The molecule has 0 saturated carbocycles. The lowest BCUT2D eigenvalue weighted by molar-refractivity contribution is 0.283. The highest BCUT2D eigenvalue weighted by atomic mass is 35.5. The summed E-state index contributed by atoms with van der Waals surface area (Å²) < 4.78 is 0. The highest BCUT2D eigenvalue weighted by Crippen LogP contribution is 2.21. The Morgan fingerprint density at radius 1 is 1.33 bits per heavy atom. The van der Waals surface area contributed by atoms with E-state index < -0.39 is 0 Å². The molecule has 0 saturated heterocycles. The van der Waals surface area contributed by atoms with Crippen LogP contribution in [-0.4, -0.2) is 18.3 Å². The van der Waals surface area contributed by atoms with Crippen LogP contribution in [0.3, 0.4) is 0 Å². The average Bonchev–Trinajstić information content (AvgIpc) is 2.25. The number of hydrogen-bond donors (Lipinski definition) is 2. The molecule has 0 bridgehead atoms. The van der Waals surface area contributed by atoms with E-state index in [-0.39, 0.29) is 12.6 Å². The van der Waals surface area contributed by atoms with Gasteiger partial charge in [-0.3, -0.25) is 0 Å². The Kier molecular flexibility index (Phi) is 5.69. The molecule has 0 aliphatic carbocycles. The molecule has 2 nitrogen and oxygen atoms in total. The van der Waals surface area contributed by atoms with Crippen molar-refractivity contribution in [3.63, 3.8) is 0 Å². The quantitative estimate of drug-likeness (QED) is 0.733. The average molecular weight is 228 g/mol. The highest BCUT2D eigenvalue weighted by Gasteiger charge is 2.07. The van der Waals surface area contributed by atoms with Crippen LogP contribution in [0.1, 0.15) is 31.4 Å². The van der Waals surface area contributed by atoms with Crippen LogP contribution in [0.2, 0.25) is 5.02 Å². The van der Waals surface area contributed by atoms with Crippen molar-refractivity contribution in [2.24, 2.45) is 0 Å². The predicted molar refractivity (Wildman–Crippen MR) is 64.2 cm³/mol. The second-order valence-corrected chi connectivity index (χ2v) is 4.04. The molecule has 0 amide bonds. The van der Waals surface area contributed by atoms with Gasteiger partial charge in [-0.15, -0.1) is 0 Å². The van der Waals surface area contributed by atoms with Gasteiger partial charge in [0.15, 0.2) is 0 Å². The first-order valence-corrected chi connectivity index (χ1v) is 5.72. The van der Waals surface area contributed by atoms with Crippen LogP contribution in [0.4, 0.5) is 0 Å². The number of halogens is 1. The summed E-state index contributed by atoms with van der Waals surface area (Å²) in [6, 6.07) is 8.13. The molecular weight excluding hydrogens is 210 g/mol. The summed E-state index contributed by atoms with van der Waals surface area (Å²) >= 11 is 6.08. The van der Waals surface area contributed by atoms with Crippen molar-refractivity contribution in [1.82, 2.24) is 5.32 Å². The van der Waals surface area contributed by atoms with Gasteiger partial charge < -0.3 is 10.4 Å². The zero-order chi connectivity index (χ0) is 11.1. The van der Waals surface area contributed by atoms with Crippen molar-refractivity contribution in [3.8, 4) is 0 Å². The van der Waals surface area contributed by atoms with Gasteiger partial charge in [-0.1, -0.05) is 29.8 Å². The van der Waals surface area contributed by atoms with Crippen LogP contribution < -0.4 is 5.32 Å². The van der Waals surface area contributed by atoms with Crippen LogP contribution >= 0.6 is 11.6 Å². The van der Waals surface area contributed by atoms with E-state index in [9.17, 15) is 0 Å². The van der Waals surface area contributed by atoms with Crippen LogP contribution in [-0.2, 0) is 0 Å². The molecule has 0 fully saturated rings. The Morgan fingerprint density at radius 3 is 2.73 bits per heavy atom. The number of rotatable bonds is 6. The number of hydrogen-bond acceptors (Lipinski definition) is 2. The summed E-state index contributed by atoms with van der Waals surface area (Å²) in [5, 5.41) is 12.8. The molecule has 1 atom stereocenters. The minimum Gasteiger partial charge on any atom is -0.396 e. The van der Waals surface area contributed by atoms with Crippen molar-refractivity contribution in [1.29, 1.82) is 0 Å². The molecule has 1 aromatic rings. The zero-order valence-electron chi connectivity index (χ0n) is 9.04. The van der Waals surface area contributed by atoms with Crippen molar-refractivity contribution < 1.29 is 5.11 Å². The first-order chi connectivity index (χ1) is 7.25. The molecule has 0 heterocycles. The van der Waals surface area contributed by atoms with E-state index in [1.165, 1.54) is 0 Å². The molecule has 0 aliphatic heterocycles. The summed E-state index contributed by atoms with van der Waals surface area (Å²) in [5.41, 5.74) is 1.13. The normalized spacial score (nSPS) is 12.7. The topological polar surface area (TPSA) is 32.3 Å². The van der Waals surface area contributed by atoms with E-state index in [1.807, 2.05) is 24.3 Å². The summed E-state index contributed by atoms with van der Waals surface area (Å²) in [7, 11) is 0. The summed E-state index contributed by atoms with van der Waals surface area (Å²) in [6.07, 6.45) is 1.84. The number of unbranched alkanes of at least 4 members (excludes halogenated alkanes) is 1. The number of benzene rings is 1. The first kappa shape index (κ1) is 12.5. The van der Waals surface area contributed by atoms with E-state index in [4.69, 9.17) is 16.7 Å². The van der Waals surface area contributed by atoms with Gasteiger partial charge in [-0.05, 0) is 37.9 Å². The molecule has 0 spiro atoms. The Bertz CT molecular complexity index is 291. The molecule has 0 aliphatic rings. The summed E-state index contributed by atoms with van der Waals surface area (Å²) in [6.45, 7) is 3.27. The van der Waals surface area contributed by atoms with E-state index in [2.05, 4.69) is 12.2 Å². The maximum Gasteiger partial charge on any atom is 0.0453 e. The molecule has 84 valence electrons. The van der Waals surface area contributed by atoms with E-state index in [1.54, 1.807) is 0 Å². The third kappa shape index (κ3) is 4.20. The van der Waals surface area contributed by atoms with Crippen molar-refractivity contribution in [2.45, 2.75) is 25.8 Å². The SMILES string of the molecule is C[C@@H](NCCCCO)c1ccccc1Cl. The first-order valence-electron chi connectivity index (χ1n) is 5.34. The lowest BCUT2D eigenvalue weighted by Gasteiger charge is -2.15. The van der Waals surface area contributed by atoms with Crippen molar-refractivity contribution in [2.75, 3.05) is 13.2 Å². The minimum atomic E-state index is 0.261. The molecule has 0 aromatic heterocycles. The van der Waals surface area contributed by atoms with Gasteiger partial charge in [-0.2, -0.15) is 0 Å². The number of aliphatic hydroxyl groups excluding tert-OH is 1. The molecule has 2 N–H and O–H groups in total. The van der Waals surface area contributed by atoms with Crippen LogP contribution in [0.15, 0.2) is 24.3 Å². The van der Waals surface area contributed by atoms with E-state index in [0.717, 1.165) is 30.0 Å². The smallest absolute Gasteiger partial charge is 0.0453 e. The third-order valence-electron chi connectivity index (χ3n) is 2.41. The van der Waals surface area contributed by atoms with Crippen molar-refractivity contribution >= 4 is 11.6 Å². The predicted octanol–water partition coefficient (Wildman–Crippen LogP) is 2.76. The third-order valence-corrected chi connectivity index (χ3v) is 2.75. The number of nitrogens with one attached hydrogen (secondary N) is 1. The standard InChI is InChI=1S/C12H18ClNO/c1-10(14-8-4-5-9-15)11-6-2-3-7-12(11)13/h2-3,6-7,10,14-15H,4-5,8-9H2,1H3/t10-/m1/s1. The Balaban J connectivity index is 2.40. The fourth-order valence-corrected chi connectivity index (χ4v) is 1.79. The molecule has 3 heteroatoms. The van der Waals surface area contributed by atoms with E-state index in [0.29, 0.717) is 0 Å². The van der Waals surface area contributed by atoms with Crippen LogP contribution in [0.5, 0.6) is 0 Å². The fourth-order valence-electron chi connectivity index (χ4n) is 1.49. The Labute approximate surface area is 96.3 Å². The van der Waals surface area contributed by atoms with Crippen LogP contribution in [0.25, 0.3) is 0 Å². The van der Waals surface area contributed by atoms with Gasteiger partial charge in [0.05, 0.1) is 0 Å². The monoisotopic (exact) mass is 227 g/mol. The molecule has 1 aromatic carbocycles. The fraction of sp³-hybridized carbons (Fsp3) is 0.500. The van der Waals surface area contributed by atoms with Gasteiger partial charge in [0.2, 0.25) is 0 Å². The molecule has 1 rings (SSSR count). The minimum absolute atomic E-state index is 0.261. The number of aliphatic hydroxyl groups is 1.